The van der Waals surface area contributed by atoms with Crippen LogP contribution >= 0.6 is 11.6 Å². The van der Waals surface area contributed by atoms with Crippen LogP contribution in [0, 0.1) is 0 Å². The fourth-order valence-corrected chi connectivity index (χ4v) is 2.21. The van der Waals surface area contributed by atoms with Crippen LogP contribution in [0.1, 0.15) is 43.4 Å². The second-order valence-electron chi connectivity index (χ2n) is 4.99. The number of aliphatic hydroxyl groups excluding tert-OH is 1. The average molecular weight is 306 g/mol. The van der Waals surface area contributed by atoms with E-state index in [0.29, 0.717) is 17.4 Å². The Kier molecular flexibility index (Phi) is 6.03. The molecule has 112 valence electrons. The van der Waals surface area contributed by atoms with Crippen molar-refractivity contribution in [2.24, 2.45) is 0 Å². The molecule has 2 rings (SSSR count). The first kappa shape index (κ1) is 15.8. The molecule has 2 aromatic rings. The Labute approximate surface area is 130 Å². The maximum atomic E-state index is 10.2. The smallest absolute Gasteiger partial charge is 0.143 e. The Morgan fingerprint density at radius 2 is 2.00 bits per heavy atom. The second-order valence-corrected chi connectivity index (χ2v) is 5.42. The molecule has 1 unspecified atom stereocenters. The first-order valence-corrected chi connectivity index (χ1v) is 7.57. The lowest BCUT2D eigenvalue weighted by Crippen LogP contribution is -2.03. The normalized spacial score (nSPS) is 12.1. The van der Waals surface area contributed by atoms with Crippen molar-refractivity contribution in [2.45, 2.75) is 38.9 Å². The zero-order chi connectivity index (χ0) is 15.1. The van der Waals surface area contributed by atoms with Gasteiger partial charge in [-0.05, 0) is 30.2 Å². The number of benzene rings is 1. The zero-order valence-corrected chi connectivity index (χ0v) is 12.9. The quantitative estimate of drug-likeness (QED) is 0.816. The summed E-state index contributed by atoms with van der Waals surface area (Å²) < 4.78 is 5.80. The first-order chi connectivity index (χ1) is 10.2. The first-order valence-electron chi connectivity index (χ1n) is 7.20. The standard InChI is InChI=1S/C17H20ClNO2/c1-2-3-4-16(20)15-9-10-19-11-17(15)21-12-13-5-7-14(18)8-6-13/h5-11,16,20H,2-4,12H2,1H3. The highest BCUT2D eigenvalue weighted by molar-refractivity contribution is 6.30. The number of aromatic nitrogens is 1. The highest BCUT2D eigenvalue weighted by Gasteiger charge is 2.13. The number of pyridine rings is 1. The summed E-state index contributed by atoms with van der Waals surface area (Å²) in [5.41, 5.74) is 1.82. The summed E-state index contributed by atoms with van der Waals surface area (Å²) in [7, 11) is 0. The molecule has 0 aliphatic carbocycles. The molecule has 1 N–H and O–H groups in total. The molecular formula is C17H20ClNO2. The molecule has 0 aliphatic rings. The van der Waals surface area contributed by atoms with Crippen molar-refractivity contribution < 1.29 is 9.84 Å². The van der Waals surface area contributed by atoms with Crippen LogP contribution in [0.5, 0.6) is 5.75 Å². The largest absolute Gasteiger partial charge is 0.487 e. The number of hydrogen-bond acceptors (Lipinski definition) is 3. The number of hydrogen-bond donors (Lipinski definition) is 1. The maximum Gasteiger partial charge on any atom is 0.143 e. The van der Waals surface area contributed by atoms with Crippen LogP contribution < -0.4 is 4.74 Å². The summed E-state index contributed by atoms with van der Waals surface area (Å²) in [6.45, 7) is 2.54. The van der Waals surface area contributed by atoms with Gasteiger partial charge in [0, 0.05) is 16.8 Å². The summed E-state index contributed by atoms with van der Waals surface area (Å²) in [6, 6.07) is 9.33. The van der Waals surface area contributed by atoms with Crippen molar-refractivity contribution in [3.63, 3.8) is 0 Å². The summed E-state index contributed by atoms with van der Waals surface area (Å²) in [5, 5.41) is 10.9. The van der Waals surface area contributed by atoms with E-state index >= 15 is 0 Å². The Bertz CT molecular complexity index is 557. The van der Waals surface area contributed by atoms with E-state index in [1.165, 1.54) is 0 Å². The number of unbranched alkanes of at least 4 members (excludes halogenated alkanes) is 1. The van der Waals surface area contributed by atoms with Crippen LogP contribution in [0.2, 0.25) is 5.02 Å². The average Bonchev–Trinajstić information content (AvgIpc) is 2.52. The molecule has 0 spiro atoms. The Balaban J connectivity index is 2.04. The van der Waals surface area contributed by atoms with E-state index in [1.807, 2.05) is 30.3 Å². The number of ether oxygens (including phenoxy) is 1. The molecule has 0 saturated carbocycles. The minimum atomic E-state index is -0.506. The van der Waals surface area contributed by atoms with Gasteiger partial charge < -0.3 is 9.84 Å². The lowest BCUT2D eigenvalue weighted by Gasteiger charge is -2.15. The number of halogens is 1. The molecule has 1 aromatic carbocycles. The molecule has 21 heavy (non-hydrogen) atoms. The third-order valence-corrected chi connectivity index (χ3v) is 3.57. The van der Waals surface area contributed by atoms with Crippen molar-refractivity contribution in [3.05, 3.63) is 58.9 Å². The van der Waals surface area contributed by atoms with Crippen LogP contribution in [0.15, 0.2) is 42.7 Å². The summed E-state index contributed by atoms with van der Waals surface area (Å²) >= 11 is 5.86. The van der Waals surface area contributed by atoms with Crippen LogP contribution in [0.4, 0.5) is 0 Å². The second kappa shape index (κ2) is 8.01. The van der Waals surface area contributed by atoms with E-state index in [0.717, 1.165) is 30.4 Å². The molecular weight excluding hydrogens is 286 g/mol. The van der Waals surface area contributed by atoms with Gasteiger partial charge in [0.05, 0.1) is 12.3 Å². The van der Waals surface area contributed by atoms with E-state index in [4.69, 9.17) is 16.3 Å². The molecule has 0 radical (unpaired) electrons. The fraction of sp³-hybridized carbons (Fsp3) is 0.353. The minimum Gasteiger partial charge on any atom is -0.487 e. The van der Waals surface area contributed by atoms with Gasteiger partial charge in [0.25, 0.3) is 0 Å². The van der Waals surface area contributed by atoms with Gasteiger partial charge >= 0.3 is 0 Å². The monoisotopic (exact) mass is 305 g/mol. The van der Waals surface area contributed by atoms with Crippen molar-refractivity contribution in [2.75, 3.05) is 0 Å². The topological polar surface area (TPSA) is 42.4 Å². The number of rotatable bonds is 7. The van der Waals surface area contributed by atoms with Crippen LogP contribution in [0.25, 0.3) is 0 Å². The third-order valence-electron chi connectivity index (χ3n) is 3.31. The van der Waals surface area contributed by atoms with Gasteiger partial charge in [-0.25, -0.2) is 0 Å². The van der Waals surface area contributed by atoms with Crippen molar-refractivity contribution in [1.82, 2.24) is 4.98 Å². The third kappa shape index (κ3) is 4.73. The molecule has 0 saturated heterocycles. The van der Waals surface area contributed by atoms with Gasteiger partial charge in [-0.3, -0.25) is 4.98 Å². The Hall–Kier alpha value is -1.58. The SMILES string of the molecule is CCCCC(O)c1ccncc1OCc1ccc(Cl)cc1. The number of nitrogens with zero attached hydrogens (tertiary/aromatic N) is 1. The van der Waals surface area contributed by atoms with E-state index in [1.54, 1.807) is 12.4 Å². The van der Waals surface area contributed by atoms with Gasteiger partial charge in [-0.1, -0.05) is 43.5 Å². The van der Waals surface area contributed by atoms with Gasteiger partial charge in [0.15, 0.2) is 0 Å². The molecule has 0 amide bonds. The lowest BCUT2D eigenvalue weighted by molar-refractivity contribution is 0.157. The summed E-state index contributed by atoms with van der Waals surface area (Å²) in [5.74, 6) is 0.635. The maximum absolute atomic E-state index is 10.2. The molecule has 1 aromatic heterocycles. The van der Waals surface area contributed by atoms with E-state index in [9.17, 15) is 5.11 Å². The Morgan fingerprint density at radius 3 is 2.71 bits per heavy atom. The highest BCUT2D eigenvalue weighted by Crippen LogP contribution is 2.28. The Morgan fingerprint density at radius 1 is 1.24 bits per heavy atom. The molecule has 3 nitrogen and oxygen atoms in total. The lowest BCUT2D eigenvalue weighted by atomic mass is 10.0. The molecule has 1 atom stereocenters. The summed E-state index contributed by atoms with van der Waals surface area (Å²) in [4.78, 5) is 4.08. The van der Waals surface area contributed by atoms with Crippen molar-refractivity contribution in [1.29, 1.82) is 0 Å². The van der Waals surface area contributed by atoms with Gasteiger partial charge in [0.1, 0.15) is 12.4 Å². The number of aliphatic hydroxyl groups is 1. The van der Waals surface area contributed by atoms with Crippen LogP contribution in [-0.2, 0) is 6.61 Å². The fourth-order valence-electron chi connectivity index (χ4n) is 2.08. The van der Waals surface area contributed by atoms with Crippen LogP contribution in [0.3, 0.4) is 0 Å². The predicted molar refractivity (Wildman–Crippen MR) is 84.5 cm³/mol. The predicted octanol–water partition coefficient (Wildman–Crippen LogP) is 4.54. The molecule has 1 heterocycles. The highest BCUT2D eigenvalue weighted by atomic mass is 35.5. The van der Waals surface area contributed by atoms with Gasteiger partial charge in [-0.15, -0.1) is 0 Å². The van der Waals surface area contributed by atoms with Crippen molar-refractivity contribution >= 4 is 11.6 Å². The molecule has 0 bridgehead atoms. The zero-order valence-electron chi connectivity index (χ0n) is 12.1. The van der Waals surface area contributed by atoms with Gasteiger partial charge in [-0.2, -0.15) is 0 Å². The van der Waals surface area contributed by atoms with Crippen molar-refractivity contribution in [3.8, 4) is 5.75 Å². The van der Waals surface area contributed by atoms with E-state index in [2.05, 4.69) is 11.9 Å². The summed E-state index contributed by atoms with van der Waals surface area (Å²) in [6.07, 6.45) is 5.61. The molecule has 0 fully saturated rings. The van der Waals surface area contributed by atoms with E-state index < -0.39 is 6.10 Å². The van der Waals surface area contributed by atoms with Gasteiger partial charge in [0.2, 0.25) is 0 Å². The molecule has 0 aliphatic heterocycles. The van der Waals surface area contributed by atoms with E-state index in [-0.39, 0.29) is 0 Å². The van der Waals surface area contributed by atoms with Crippen LogP contribution in [-0.4, -0.2) is 10.1 Å². The minimum absolute atomic E-state index is 0.427. The molecule has 4 heteroatoms.